The van der Waals surface area contributed by atoms with Crippen LogP contribution in [0.4, 0.5) is 17.6 Å². The van der Waals surface area contributed by atoms with E-state index >= 15 is 0 Å². The number of carbonyl (C=O) groups is 1. The fourth-order valence-electron chi connectivity index (χ4n) is 2.32. The maximum Gasteiger partial charge on any atom is 0.170 e. The molecule has 0 aromatic heterocycles. The van der Waals surface area contributed by atoms with E-state index in [9.17, 15) is 22.4 Å². The van der Waals surface area contributed by atoms with Gasteiger partial charge in [-0.1, -0.05) is 12.1 Å². The molecule has 0 saturated carbocycles. The molecule has 2 N–H and O–H groups in total. The third-order valence-corrected chi connectivity index (χ3v) is 3.30. The number of halogens is 5. The Morgan fingerprint density at radius 3 is 1.78 bits per heavy atom. The fourth-order valence-corrected chi connectivity index (χ4v) is 2.32. The van der Waals surface area contributed by atoms with Gasteiger partial charge in [-0.25, -0.2) is 17.6 Å². The zero-order chi connectivity index (χ0) is 16.5. The van der Waals surface area contributed by atoms with Crippen molar-refractivity contribution in [1.82, 2.24) is 0 Å². The van der Waals surface area contributed by atoms with Crippen LogP contribution >= 0.6 is 12.4 Å². The van der Waals surface area contributed by atoms with Gasteiger partial charge in [-0.05, 0) is 31.2 Å². The summed E-state index contributed by atoms with van der Waals surface area (Å²) in [5, 5.41) is 0. The van der Waals surface area contributed by atoms with Crippen molar-refractivity contribution in [1.29, 1.82) is 0 Å². The maximum absolute atomic E-state index is 13.8. The number of benzene rings is 2. The highest BCUT2D eigenvalue weighted by Crippen LogP contribution is 2.29. The van der Waals surface area contributed by atoms with Gasteiger partial charge in [-0.2, -0.15) is 0 Å². The minimum Gasteiger partial charge on any atom is -0.321 e. The molecule has 0 amide bonds. The van der Waals surface area contributed by atoms with Crippen LogP contribution < -0.4 is 5.73 Å². The molecule has 1 unspecified atom stereocenters. The Morgan fingerprint density at radius 1 is 0.957 bits per heavy atom. The van der Waals surface area contributed by atoms with E-state index in [1.54, 1.807) is 0 Å². The first-order valence-electron chi connectivity index (χ1n) is 6.44. The summed E-state index contributed by atoms with van der Waals surface area (Å²) in [5.74, 6) is -4.91. The lowest BCUT2D eigenvalue weighted by molar-refractivity contribution is 0.0945. The van der Waals surface area contributed by atoms with Crippen molar-refractivity contribution in [3.63, 3.8) is 0 Å². The second-order valence-corrected chi connectivity index (χ2v) is 5.21. The Bertz CT molecular complexity index is 694. The van der Waals surface area contributed by atoms with Crippen LogP contribution in [0, 0.1) is 23.3 Å². The van der Waals surface area contributed by atoms with E-state index in [-0.39, 0.29) is 12.4 Å². The first-order valence-corrected chi connectivity index (χ1v) is 6.44. The van der Waals surface area contributed by atoms with Crippen LogP contribution in [0.15, 0.2) is 36.4 Å². The zero-order valence-corrected chi connectivity index (χ0v) is 12.9. The zero-order valence-electron chi connectivity index (χ0n) is 12.1. The molecule has 1 atom stereocenters. The van der Waals surface area contributed by atoms with E-state index in [0.29, 0.717) is 0 Å². The average Bonchev–Trinajstić information content (AvgIpc) is 2.37. The summed E-state index contributed by atoms with van der Waals surface area (Å²) >= 11 is 0. The molecular weight excluding hydrogens is 334 g/mol. The minimum absolute atomic E-state index is 0. The predicted molar refractivity (Wildman–Crippen MR) is 80.5 cm³/mol. The Labute approximate surface area is 136 Å². The number of hydrogen-bond acceptors (Lipinski definition) is 2. The van der Waals surface area contributed by atoms with Crippen LogP contribution in [0.5, 0.6) is 0 Å². The van der Waals surface area contributed by atoms with Crippen molar-refractivity contribution >= 4 is 18.2 Å². The number of carbonyl (C=O) groups excluding carboxylic acids is 1. The molecule has 2 rings (SSSR count). The second kappa shape index (κ2) is 7.10. The molecule has 23 heavy (non-hydrogen) atoms. The smallest absolute Gasteiger partial charge is 0.170 e. The Morgan fingerprint density at radius 2 is 1.35 bits per heavy atom. The molecule has 0 spiro atoms. The molecule has 124 valence electrons. The molecule has 0 saturated heterocycles. The van der Waals surface area contributed by atoms with Gasteiger partial charge in [0.15, 0.2) is 5.78 Å². The standard InChI is InChI=1S/C16H13F4NO.ClH/c1-16(21,15-11(19)6-3-7-12(15)20)8-13(22)14-9(17)4-2-5-10(14)18;/h2-7H,8,21H2,1H3;1H. The molecule has 0 aliphatic carbocycles. The highest BCUT2D eigenvalue weighted by molar-refractivity contribution is 5.97. The molecule has 2 aromatic carbocycles. The van der Waals surface area contributed by atoms with Gasteiger partial charge in [-0.15, -0.1) is 12.4 Å². The topological polar surface area (TPSA) is 43.1 Å². The van der Waals surface area contributed by atoms with Crippen molar-refractivity contribution in [3.05, 3.63) is 70.8 Å². The lowest BCUT2D eigenvalue weighted by Gasteiger charge is -2.25. The fraction of sp³-hybridized carbons (Fsp3) is 0.188. The Balaban J connectivity index is 0.00000264. The number of rotatable bonds is 4. The van der Waals surface area contributed by atoms with Gasteiger partial charge in [0.1, 0.15) is 23.3 Å². The molecular formula is C16H14ClF4NO. The summed E-state index contributed by atoms with van der Waals surface area (Å²) in [4.78, 5) is 12.1. The van der Waals surface area contributed by atoms with Gasteiger partial charge in [0.25, 0.3) is 0 Å². The Hall–Kier alpha value is -1.92. The molecule has 0 radical (unpaired) electrons. The average molecular weight is 348 g/mol. The van der Waals surface area contributed by atoms with Crippen molar-refractivity contribution < 1.29 is 22.4 Å². The van der Waals surface area contributed by atoms with Gasteiger partial charge >= 0.3 is 0 Å². The summed E-state index contributed by atoms with van der Waals surface area (Å²) in [5.41, 5.74) is 2.82. The van der Waals surface area contributed by atoms with Gasteiger partial charge < -0.3 is 5.73 Å². The Kier molecular flexibility index (Phi) is 5.91. The highest BCUT2D eigenvalue weighted by Gasteiger charge is 2.32. The molecule has 0 fully saturated rings. The normalized spacial score (nSPS) is 13.1. The third kappa shape index (κ3) is 3.89. The van der Waals surface area contributed by atoms with Crippen molar-refractivity contribution in [2.45, 2.75) is 18.9 Å². The lowest BCUT2D eigenvalue weighted by atomic mass is 9.85. The molecule has 0 heterocycles. The van der Waals surface area contributed by atoms with Gasteiger partial charge in [0.05, 0.1) is 11.1 Å². The van der Waals surface area contributed by atoms with E-state index in [4.69, 9.17) is 5.73 Å². The van der Waals surface area contributed by atoms with E-state index in [1.807, 2.05) is 0 Å². The second-order valence-electron chi connectivity index (χ2n) is 5.21. The van der Waals surface area contributed by atoms with E-state index < -0.39 is 52.1 Å². The van der Waals surface area contributed by atoms with Crippen LogP contribution in [-0.4, -0.2) is 5.78 Å². The van der Waals surface area contributed by atoms with E-state index in [2.05, 4.69) is 0 Å². The first-order chi connectivity index (χ1) is 10.2. The molecule has 0 bridgehead atoms. The van der Waals surface area contributed by atoms with Crippen LogP contribution in [-0.2, 0) is 5.54 Å². The summed E-state index contributed by atoms with van der Waals surface area (Å²) in [6.07, 6.45) is -0.650. The SMILES string of the molecule is CC(N)(CC(=O)c1c(F)cccc1F)c1c(F)cccc1F.Cl. The maximum atomic E-state index is 13.8. The van der Waals surface area contributed by atoms with E-state index in [1.165, 1.54) is 6.92 Å². The van der Waals surface area contributed by atoms with E-state index in [0.717, 1.165) is 36.4 Å². The lowest BCUT2D eigenvalue weighted by Crippen LogP contribution is -2.38. The molecule has 7 heteroatoms. The van der Waals surface area contributed by atoms with Gasteiger partial charge in [0.2, 0.25) is 0 Å². The summed E-state index contributed by atoms with van der Waals surface area (Å²) < 4.78 is 54.7. The number of nitrogens with two attached hydrogens (primary N) is 1. The van der Waals surface area contributed by atoms with Gasteiger partial charge in [-0.3, -0.25) is 4.79 Å². The predicted octanol–water partition coefficient (Wildman–Crippen LogP) is 4.11. The van der Waals surface area contributed by atoms with Crippen LogP contribution in [0.25, 0.3) is 0 Å². The highest BCUT2D eigenvalue weighted by atomic mass is 35.5. The largest absolute Gasteiger partial charge is 0.321 e. The summed E-state index contributed by atoms with van der Waals surface area (Å²) in [6.45, 7) is 1.23. The number of ketones is 1. The summed E-state index contributed by atoms with van der Waals surface area (Å²) in [6, 6.07) is 6.11. The van der Waals surface area contributed by atoms with Crippen molar-refractivity contribution in [2.75, 3.05) is 0 Å². The van der Waals surface area contributed by atoms with Crippen molar-refractivity contribution in [3.8, 4) is 0 Å². The third-order valence-electron chi connectivity index (χ3n) is 3.30. The van der Waals surface area contributed by atoms with Crippen LogP contribution in [0.2, 0.25) is 0 Å². The molecule has 2 aromatic rings. The summed E-state index contributed by atoms with van der Waals surface area (Å²) in [7, 11) is 0. The minimum atomic E-state index is -1.75. The molecule has 0 aliphatic rings. The van der Waals surface area contributed by atoms with Crippen LogP contribution in [0.3, 0.4) is 0 Å². The quantitative estimate of drug-likeness (QED) is 0.668. The van der Waals surface area contributed by atoms with Gasteiger partial charge in [0, 0.05) is 12.0 Å². The molecule has 2 nitrogen and oxygen atoms in total. The number of hydrogen-bond donors (Lipinski definition) is 1. The van der Waals surface area contributed by atoms with Crippen LogP contribution in [0.1, 0.15) is 29.3 Å². The molecule has 0 aliphatic heterocycles. The monoisotopic (exact) mass is 347 g/mol. The van der Waals surface area contributed by atoms with Crippen molar-refractivity contribution in [2.24, 2.45) is 5.73 Å². The number of Topliss-reactive ketones (excluding diaryl/α,β-unsaturated/α-hetero) is 1. The first kappa shape index (κ1) is 19.1.